The molecule has 0 radical (unpaired) electrons. The molecule has 0 amide bonds. The van der Waals surface area contributed by atoms with Crippen molar-refractivity contribution in [3.05, 3.63) is 230 Å². The standard InChI is InChI=1S/C62H38O6/c63-61(64)37-17-25-45(26-18-37)67-57-31-23-41-33-43(55-35-39-9-1-3-11-47(39)51-13-5-7-15-53(51)55)21-29-49(41)59(57)60-50-30-22-44(56-36-40-10-2-4-12-48(40)52-14-6-8-16-54(52)56)34-42(50)24-32-58(60)68-46-27-19-38(20-28-46)62(65)66/h1-36H,(H,63,64)(H,65,66). The van der Waals surface area contributed by atoms with Gasteiger partial charge in [0.05, 0.1) is 11.1 Å². The Bertz CT molecular complexity index is 3760. The van der Waals surface area contributed by atoms with Crippen LogP contribution < -0.4 is 9.47 Å². The molecule has 6 heteroatoms. The zero-order valence-corrected chi connectivity index (χ0v) is 36.3. The molecule has 0 heterocycles. The lowest BCUT2D eigenvalue weighted by Gasteiger charge is -2.21. The molecule has 0 fully saturated rings. The van der Waals surface area contributed by atoms with Gasteiger partial charge in [-0.25, -0.2) is 9.59 Å². The fourth-order valence-corrected chi connectivity index (χ4v) is 9.81. The smallest absolute Gasteiger partial charge is 0.335 e. The van der Waals surface area contributed by atoms with Crippen LogP contribution in [0.25, 0.3) is 98.0 Å². The fraction of sp³-hybridized carbons (Fsp3) is 0. The molecule has 6 nitrogen and oxygen atoms in total. The van der Waals surface area contributed by atoms with Crippen molar-refractivity contribution in [2.45, 2.75) is 0 Å². The van der Waals surface area contributed by atoms with E-state index in [4.69, 9.17) is 9.47 Å². The first kappa shape index (κ1) is 40.3. The molecule has 0 saturated heterocycles. The Labute approximate surface area is 390 Å². The Morgan fingerprint density at radius 1 is 0.309 bits per heavy atom. The SMILES string of the molecule is O=C(O)c1ccc(Oc2ccc3cc(-c4cc5ccccc5c5ccccc45)ccc3c2-c2c(Oc3ccc(C(=O)O)cc3)ccc3cc(-c4cc5ccccc5c5ccccc45)ccc23)cc1. The van der Waals surface area contributed by atoms with Gasteiger partial charge in [0.1, 0.15) is 23.0 Å². The van der Waals surface area contributed by atoms with Crippen LogP contribution in [0, 0.1) is 0 Å². The molecule has 12 aromatic carbocycles. The van der Waals surface area contributed by atoms with Crippen LogP contribution in [-0.2, 0) is 0 Å². The van der Waals surface area contributed by atoms with Gasteiger partial charge in [-0.1, -0.05) is 133 Å². The summed E-state index contributed by atoms with van der Waals surface area (Å²) in [5, 5.41) is 32.5. The van der Waals surface area contributed by atoms with Gasteiger partial charge in [0, 0.05) is 11.1 Å². The number of aromatic carboxylic acids is 2. The van der Waals surface area contributed by atoms with E-state index in [0.717, 1.165) is 76.5 Å². The van der Waals surface area contributed by atoms with E-state index in [1.807, 2.05) is 12.1 Å². The van der Waals surface area contributed by atoms with E-state index in [1.165, 1.54) is 45.8 Å². The average Bonchev–Trinajstić information content (AvgIpc) is 3.38. The van der Waals surface area contributed by atoms with Gasteiger partial charge in [0.2, 0.25) is 0 Å². The third kappa shape index (κ3) is 7.00. The second-order valence-electron chi connectivity index (χ2n) is 17.0. The summed E-state index contributed by atoms with van der Waals surface area (Å²) in [6.45, 7) is 0. The summed E-state index contributed by atoms with van der Waals surface area (Å²) in [5.74, 6) is -0.0502. The molecule has 2 N–H and O–H groups in total. The predicted molar refractivity (Wildman–Crippen MR) is 275 cm³/mol. The first-order chi connectivity index (χ1) is 33.3. The van der Waals surface area contributed by atoms with Crippen LogP contribution >= 0.6 is 0 Å². The molecule has 0 aliphatic carbocycles. The first-order valence-electron chi connectivity index (χ1n) is 22.3. The third-order valence-electron chi connectivity index (χ3n) is 13.0. The number of hydrogen-bond donors (Lipinski definition) is 2. The summed E-state index contributed by atoms with van der Waals surface area (Å²) < 4.78 is 13.6. The van der Waals surface area contributed by atoms with Crippen molar-refractivity contribution >= 4 is 76.6 Å². The second kappa shape index (κ2) is 16.3. The van der Waals surface area contributed by atoms with Crippen LogP contribution in [0.4, 0.5) is 0 Å². The average molecular weight is 879 g/mol. The minimum absolute atomic E-state index is 0.151. The summed E-state index contributed by atoms with van der Waals surface area (Å²) in [6, 6.07) is 72.4. The van der Waals surface area contributed by atoms with Crippen LogP contribution in [-0.4, -0.2) is 22.2 Å². The lowest BCUT2D eigenvalue weighted by Crippen LogP contribution is -1.98. The van der Waals surface area contributed by atoms with E-state index in [2.05, 4.69) is 158 Å². The molecular formula is C62H38O6. The monoisotopic (exact) mass is 878 g/mol. The summed E-state index contributed by atoms with van der Waals surface area (Å²) in [5.41, 5.74) is 6.20. The quantitative estimate of drug-likeness (QED) is 0.140. The second-order valence-corrected chi connectivity index (χ2v) is 17.0. The summed E-state index contributed by atoms with van der Waals surface area (Å²) >= 11 is 0. The van der Waals surface area contributed by atoms with Crippen molar-refractivity contribution in [1.29, 1.82) is 0 Å². The number of fused-ring (bicyclic) bond motifs is 8. The highest BCUT2D eigenvalue weighted by atomic mass is 16.5. The number of carbonyl (C=O) groups is 2. The Morgan fingerprint density at radius 2 is 0.662 bits per heavy atom. The molecular weight excluding hydrogens is 841 g/mol. The first-order valence-corrected chi connectivity index (χ1v) is 22.3. The molecule has 0 aromatic heterocycles. The van der Waals surface area contributed by atoms with Crippen molar-refractivity contribution in [1.82, 2.24) is 0 Å². The molecule has 0 atom stereocenters. The van der Waals surface area contributed by atoms with Gasteiger partial charge in [-0.15, -0.1) is 0 Å². The number of carboxylic acids is 2. The van der Waals surface area contributed by atoms with Gasteiger partial charge < -0.3 is 19.7 Å². The zero-order chi connectivity index (χ0) is 45.9. The molecule has 12 rings (SSSR count). The highest BCUT2D eigenvalue weighted by Crippen LogP contribution is 2.49. The van der Waals surface area contributed by atoms with Gasteiger partial charge in [-0.05, 0) is 172 Å². The van der Waals surface area contributed by atoms with E-state index in [0.29, 0.717) is 23.0 Å². The molecule has 0 unspecified atom stereocenters. The summed E-state index contributed by atoms with van der Waals surface area (Å²) in [4.78, 5) is 23.7. The van der Waals surface area contributed by atoms with Crippen LogP contribution in [0.2, 0.25) is 0 Å². The maximum Gasteiger partial charge on any atom is 0.335 e. The number of ether oxygens (including phenoxy) is 2. The van der Waals surface area contributed by atoms with Gasteiger partial charge >= 0.3 is 11.9 Å². The van der Waals surface area contributed by atoms with Gasteiger partial charge in [0.15, 0.2) is 0 Å². The highest BCUT2D eigenvalue weighted by Gasteiger charge is 2.22. The minimum atomic E-state index is -1.03. The molecule has 0 bridgehead atoms. The third-order valence-corrected chi connectivity index (χ3v) is 13.0. The number of benzene rings is 12. The fourth-order valence-electron chi connectivity index (χ4n) is 9.81. The zero-order valence-electron chi connectivity index (χ0n) is 36.3. The van der Waals surface area contributed by atoms with Crippen LogP contribution in [0.1, 0.15) is 20.7 Å². The van der Waals surface area contributed by atoms with Crippen molar-refractivity contribution in [3.8, 4) is 56.4 Å². The van der Waals surface area contributed by atoms with E-state index in [-0.39, 0.29) is 11.1 Å². The van der Waals surface area contributed by atoms with Crippen molar-refractivity contribution < 1.29 is 29.3 Å². The topological polar surface area (TPSA) is 93.1 Å². The number of carboxylic acid groups (broad SMARTS) is 2. The maximum absolute atomic E-state index is 11.8. The van der Waals surface area contributed by atoms with Crippen LogP contribution in [0.3, 0.4) is 0 Å². The summed E-state index contributed by atoms with van der Waals surface area (Å²) in [6.07, 6.45) is 0. The molecule has 0 aliphatic heterocycles. The van der Waals surface area contributed by atoms with Gasteiger partial charge in [-0.2, -0.15) is 0 Å². The van der Waals surface area contributed by atoms with E-state index in [9.17, 15) is 19.8 Å². The van der Waals surface area contributed by atoms with Crippen molar-refractivity contribution in [2.24, 2.45) is 0 Å². The highest BCUT2D eigenvalue weighted by molar-refractivity contribution is 6.17. The van der Waals surface area contributed by atoms with Crippen molar-refractivity contribution in [3.63, 3.8) is 0 Å². The minimum Gasteiger partial charge on any atom is -0.478 e. The lowest BCUT2D eigenvalue weighted by atomic mass is 9.88. The van der Waals surface area contributed by atoms with E-state index >= 15 is 0 Å². The van der Waals surface area contributed by atoms with Gasteiger partial charge in [-0.3, -0.25) is 0 Å². The molecule has 12 aromatic rings. The Hall–Kier alpha value is -9.26. The molecule has 0 saturated carbocycles. The predicted octanol–water partition coefficient (Wildman–Crippen LogP) is 16.6. The Kier molecular flexibility index (Phi) is 9.66. The van der Waals surface area contributed by atoms with E-state index < -0.39 is 11.9 Å². The Morgan fingerprint density at radius 3 is 1.06 bits per heavy atom. The number of hydrogen-bond acceptors (Lipinski definition) is 4. The Balaban J connectivity index is 1.10. The number of rotatable bonds is 9. The molecule has 0 aliphatic rings. The maximum atomic E-state index is 11.8. The summed E-state index contributed by atoms with van der Waals surface area (Å²) in [7, 11) is 0. The largest absolute Gasteiger partial charge is 0.478 e. The van der Waals surface area contributed by atoms with Crippen LogP contribution in [0.15, 0.2) is 218 Å². The van der Waals surface area contributed by atoms with E-state index in [1.54, 1.807) is 24.3 Å². The van der Waals surface area contributed by atoms with Gasteiger partial charge in [0.25, 0.3) is 0 Å². The molecule has 68 heavy (non-hydrogen) atoms. The van der Waals surface area contributed by atoms with Crippen LogP contribution in [0.5, 0.6) is 23.0 Å². The normalized spacial score (nSPS) is 11.5. The molecule has 322 valence electrons. The lowest BCUT2D eigenvalue weighted by molar-refractivity contribution is 0.0686. The molecule has 0 spiro atoms. The van der Waals surface area contributed by atoms with Crippen molar-refractivity contribution in [2.75, 3.05) is 0 Å².